The maximum absolute atomic E-state index is 13.4. The van der Waals surface area contributed by atoms with E-state index in [0.29, 0.717) is 31.1 Å². The highest BCUT2D eigenvalue weighted by atomic mass is 32.2. The molecule has 8 heteroatoms. The molecule has 32 heavy (non-hydrogen) atoms. The lowest BCUT2D eigenvalue weighted by atomic mass is 9.92. The van der Waals surface area contributed by atoms with Gasteiger partial charge in [-0.15, -0.1) is 0 Å². The van der Waals surface area contributed by atoms with E-state index in [1.165, 1.54) is 6.42 Å². The van der Waals surface area contributed by atoms with Crippen molar-refractivity contribution in [2.75, 3.05) is 50.8 Å². The number of sulfone groups is 1. The molecule has 4 aliphatic rings. The molecule has 0 aromatic heterocycles. The molecule has 3 aliphatic heterocycles. The first-order valence-corrected chi connectivity index (χ1v) is 14.7. The topological polar surface area (TPSA) is 70.2 Å². The van der Waals surface area contributed by atoms with Gasteiger partial charge in [0.15, 0.2) is 9.84 Å². The fraction of sp³-hybridized carbons (Fsp3) is 0.958. The molecule has 1 amide bonds. The zero-order valence-corrected chi connectivity index (χ0v) is 20.9. The Morgan fingerprint density at radius 2 is 1.56 bits per heavy atom. The first-order valence-electron chi connectivity index (χ1n) is 12.9. The standard InChI is InChI=1S/C24H43N3O4S/c1-19-14-26(15-20(2)31-19)16-21-8-11-25(12-9-21)17-24(28)27(22-6-4-3-5-7-22)23-10-13-32(29,30)18-23/h19-23H,3-18H2,1-2H3. The van der Waals surface area contributed by atoms with Crippen LogP contribution in [-0.2, 0) is 19.4 Å². The van der Waals surface area contributed by atoms with Crippen molar-refractivity contribution in [2.45, 2.75) is 89.5 Å². The number of likely N-dealkylation sites (tertiary alicyclic amines) is 1. The molecule has 4 fully saturated rings. The lowest BCUT2D eigenvalue weighted by Gasteiger charge is -2.41. The molecule has 0 bridgehead atoms. The van der Waals surface area contributed by atoms with Gasteiger partial charge in [0.05, 0.1) is 30.3 Å². The molecule has 4 rings (SSSR count). The molecule has 7 nitrogen and oxygen atoms in total. The van der Waals surface area contributed by atoms with E-state index in [9.17, 15) is 13.2 Å². The highest BCUT2D eigenvalue weighted by molar-refractivity contribution is 7.91. The van der Waals surface area contributed by atoms with E-state index >= 15 is 0 Å². The average Bonchev–Trinajstić information content (AvgIpc) is 3.09. The second-order valence-electron chi connectivity index (χ2n) is 10.8. The molecule has 0 aromatic carbocycles. The summed E-state index contributed by atoms with van der Waals surface area (Å²) in [5, 5.41) is 0. The zero-order valence-electron chi connectivity index (χ0n) is 20.1. The highest BCUT2D eigenvalue weighted by Gasteiger charge is 2.39. The van der Waals surface area contributed by atoms with Crippen molar-refractivity contribution >= 4 is 15.7 Å². The van der Waals surface area contributed by atoms with Crippen molar-refractivity contribution in [3.63, 3.8) is 0 Å². The third-order valence-corrected chi connectivity index (χ3v) is 9.69. The van der Waals surface area contributed by atoms with Crippen LogP contribution in [0.25, 0.3) is 0 Å². The van der Waals surface area contributed by atoms with E-state index in [0.717, 1.165) is 71.2 Å². The Morgan fingerprint density at radius 1 is 0.906 bits per heavy atom. The minimum Gasteiger partial charge on any atom is -0.373 e. The zero-order chi connectivity index (χ0) is 22.7. The fourth-order valence-electron chi connectivity index (χ4n) is 6.46. The van der Waals surface area contributed by atoms with Crippen molar-refractivity contribution in [3.8, 4) is 0 Å². The van der Waals surface area contributed by atoms with Crippen molar-refractivity contribution < 1.29 is 17.9 Å². The van der Waals surface area contributed by atoms with Crippen molar-refractivity contribution in [2.24, 2.45) is 5.92 Å². The Hall–Kier alpha value is -0.700. The smallest absolute Gasteiger partial charge is 0.237 e. The van der Waals surface area contributed by atoms with Crippen LogP contribution in [0.2, 0.25) is 0 Å². The lowest BCUT2D eigenvalue weighted by molar-refractivity contribution is -0.138. The first-order chi connectivity index (χ1) is 15.3. The van der Waals surface area contributed by atoms with Crippen LogP contribution in [0, 0.1) is 5.92 Å². The molecule has 0 aromatic rings. The van der Waals surface area contributed by atoms with Crippen LogP contribution in [-0.4, -0.2) is 104 Å². The van der Waals surface area contributed by atoms with Gasteiger partial charge in [0.1, 0.15) is 0 Å². The van der Waals surface area contributed by atoms with E-state index in [2.05, 4.69) is 23.6 Å². The summed E-state index contributed by atoms with van der Waals surface area (Å²) in [7, 11) is -3.00. The number of hydrogen-bond acceptors (Lipinski definition) is 6. The average molecular weight is 470 g/mol. The Morgan fingerprint density at radius 3 is 2.16 bits per heavy atom. The van der Waals surface area contributed by atoms with E-state index in [-0.39, 0.29) is 29.5 Å². The minimum atomic E-state index is -3.00. The van der Waals surface area contributed by atoms with Gasteiger partial charge in [0.2, 0.25) is 5.91 Å². The number of morpholine rings is 1. The van der Waals surface area contributed by atoms with Crippen LogP contribution in [0.5, 0.6) is 0 Å². The molecule has 0 spiro atoms. The SMILES string of the molecule is CC1CN(CC2CCN(CC(=O)N(C3CCCCC3)C3CCS(=O)(=O)C3)CC2)CC(C)O1. The Kier molecular flexibility index (Phi) is 8.17. The molecule has 0 radical (unpaired) electrons. The van der Waals surface area contributed by atoms with Gasteiger partial charge >= 0.3 is 0 Å². The quantitative estimate of drug-likeness (QED) is 0.594. The summed E-state index contributed by atoms with van der Waals surface area (Å²) < 4.78 is 30.1. The Labute approximate surface area is 194 Å². The fourth-order valence-corrected chi connectivity index (χ4v) is 8.17. The number of carbonyl (C=O) groups is 1. The van der Waals surface area contributed by atoms with E-state index < -0.39 is 9.84 Å². The van der Waals surface area contributed by atoms with Gasteiger partial charge in [-0.05, 0) is 65.0 Å². The predicted molar refractivity (Wildman–Crippen MR) is 126 cm³/mol. The molecular formula is C24H43N3O4S. The number of amides is 1. The summed E-state index contributed by atoms with van der Waals surface area (Å²) in [6.45, 7) is 9.86. The maximum atomic E-state index is 13.4. The van der Waals surface area contributed by atoms with Crippen LogP contribution in [0.4, 0.5) is 0 Å². The van der Waals surface area contributed by atoms with Gasteiger partial charge in [-0.2, -0.15) is 0 Å². The number of ether oxygens (including phenoxy) is 1. The van der Waals surface area contributed by atoms with Gasteiger partial charge < -0.3 is 9.64 Å². The van der Waals surface area contributed by atoms with Crippen LogP contribution >= 0.6 is 0 Å². The molecule has 1 saturated carbocycles. The molecular weight excluding hydrogens is 426 g/mol. The monoisotopic (exact) mass is 469 g/mol. The van der Waals surface area contributed by atoms with Gasteiger partial charge in [0.25, 0.3) is 0 Å². The summed E-state index contributed by atoms with van der Waals surface area (Å²) in [5.41, 5.74) is 0. The molecule has 3 unspecified atom stereocenters. The number of piperidine rings is 1. The largest absolute Gasteiger partial charge is 0.373 e. The Bertz CT molecular complexity index is 722. The van der Waals surface area contributed by atoms with Gasteiger partial charge in [-0.3, -0.25) is 14.6 Å². The minimum absolute atomic E-state index is 0.113. The van der Waals surface area contributed by atoms with Crippen LogP contribution < -0.4 is 0 Å². The second-order valence-corrected chi connectivity index (χ2v) is 13.1. The van der Waals surface area contributed by atoms with E-state index in [4.69, 9.17) is 4.74 Å². The summed E-state index contributed by atoms with van der Waals surface area (Å²) in [5.74, 6) is 1.24. The second kappa shape index (κ2) is 10.7. The molecule has 0 N–H and O–H groups in total. The van der Waals surface area contributed by atoms with Crippen LogP contribution in [0.3, 0.4) is 0 Å². The van der Waals surface area contributed by atoms with Crippen molar-refractivity contribution in [1.82, 2.24) is 14.7 Å². The molecule has 3 atom stereocenters. The molecule has 184 valence electrons. The van der Waals surface area contributed by atoms with Gasteiger partial charge in [-0.25, -0.2) is 8.42 Å². The number of rotatable bonds is 6. The summed E-state index contributed by atoms with van der Waals surface area (Å²) >= 11 is 0. The predicted octanol–water partition coefficient (Wildman–Crippen LogP) is 2.16. The maximum Gasteiger partial charge on any atom is 0.237 e. The van der Waals surface area contributed by atoms with Crippen molar-refractivity contribution in [3.05, 3.63) is 0 Å². The molecule has 1 aliphatic carbocycles. The normalized spacial score (nSPS) is 33.4. The molecule has 3 heterocycles. The summed E-state index contributed by atoms with van der Waals surface area (Å²) in [6.07, 6.45) is 9.09. The number of carbonyl (C=O) groups excluding carboxylic acids is 1. The summed E-state index contributed by atoms with van der Waals surface area (Å²) in [6, 6.07) is 0.121. The summed E-state index contributed by atoms with van der Waals surface area (Å²) in [4.78, 5) is 20.3. The highest BCUT2D eigenvalue weighted by Crippen LogP contribution is 2.29. The first kappa shape index (κ1) is 24.4. The third kappa shape index (κ3) is 6.45. The van der Waals surface area contributed by atoms with Gasteiger partial charge in [-0.1, -0.05) is 19.3 Å². The van der Waals surface area contributed by atoms with Gasteiger partial charge in [0, 0.05) is 31.7 Å². The van der Waals surface area contributed by atoms with Crippen LogP contribution in [0.1, 0.15) is 65.2 Å². The third-order valence-electron chi connectivity index (χ3n) is 7.94. The van der Waals surface area contributed by atoms with Crippen LogP contribution in [0.15, 0.2) is 0 Å². The number of hydrogen-bond donors (Lipinski definition) is 0. The van der Waals surface area contributed by atoms with E-state index in [1.807, 2.05) is 4.90 Å². The van der Waals surface area contributed by atoms with E-state index in [1.54, 1.807) is 0 Å². The molecule has 3 saturated heterocycles. The Balaban J connectivity index is 1.29. The lowest BCUT2D eigenvalue weighted by Crippen LogP contribution is -2.53. The number of nitrogens with zero attached hydrogens (tertiary/aromatic N) is 3. The van der Waals surface area contributed by atoms with Crippen molar-refractivity contribution in [1.29, 1.82) is 0 Å².